The molecule has 0 radical (unpaired) electrons. The number of anilines is 3. The second kappa shape index (κ2) is 11.4. The number of hydrogen-bond donors (Lipinski definition) is 3. The van der Waals surface area contributed by atoms with Crippen molar-refractivity contribution in [3.63, 3.8) is 0 Å². The Bertz CT molecular complexity index is 1290. The smallest absolute Gasteiger partial charge is 0.290 e. The molecule has 0 spiro atoms. The van der Waals surface area contributed by atoms with Crippen molar-refractivity contribution in [1.82, 2.24) is 14.3 Å². The van der Waals surface area contributed by atoms with Crippen molar-refractivity contribution < 1.29 is 9.90 Å². The molecule has 1 aliphatic rings. The van der Waals surface area contributed by atoms with Gasteiger partial charge >= 0.3 is 0 Å². The first-order valence-electron chi connectivity index (χ1n) is 11.8. The highest BCUT2D eigenvalue weighted by Gasteiger charge is 2.24. The van der Waals surface area contributed by atoms with Crippen LogP contribution in [0.15, 0.2) is 58.1 Å². The van der Waals surface area contributed by atoms with Crippen molar-refractivity contribution in [1.29, 1.82) is 0 Å². The molecule has 3 aromatic rings. The van der Waals surface area contributed by atoms with Crippen molar-refractivity contribution >= 4 is 23.0 Å². The van der Waals surface area contributed by atoms with Gasteiger partial charge in [-0.15, -0.1) is 0 Å². The molecule has 35 heavy (non-hydrogen) atoms. The summed E-state index contributed by atoms with van der Waals surface area (Å²) in [5.74, 6) is -0.515. The van der Waals surface area contributed by atoms with E-state index in [1.807, 2.05) is 44.2 Å². The average Bonchev–Trinajstić information content (AvgIpc) is 3.43. The second-order valence-corrected chi connectivity index (χ2v) is 8.07. The summed E-state index contributed by atoms with van der Waals surface area (Å²) in [6.45, 7) is 5.63. The van der Waals surface area contributed by atoms with Gasteiger partial charge in [0.25, 0.3) is 17.0 Å². The van der Waals surface area contributed by atoms with E-state index < -0.39 is 11.1 Å². The topological polar surface area (TPSA) is 109 Å². The second-order valence-electron chi connectivity index (χ2n) is 8.07. The number of nitrogens with zero attached hydrogens (tertiary/aromatic N) is 3. The molecule has 9 heteroatoms. The van der Waals surface area contributed by atoms with Crippen LogP contribution in [-0.2, 0) is 20.6 Å². The zero-order chi connectivity index (χ0) is 25.5. The van der Waals surface area contributed by atoms with Gasteiger partial charge < -0.3 is 20.6 Å². The summed E-state index contributed by atoms with van der Waals surface area (Å²) in [5, 5.41) is 16.8. The molecule has 9 nitrogen and oxygen atoms in total. The van der Waals surface area contributed by atoms with Crippen LogP contribution in [0.2, 0.25) is 0 Å². The first kappa shape index (κ1) is 25.6. The number of phenolic OH excluding ortho intramolecular Hbond substituents is 1. The Morgan fingerprint density at radius 1 is 0.886 bits per heavy atom. The van der Waals surface area contributed by atoms with Crippen LogP contribution in [0, 0.1) is 0 Å². The SMILES string of the molecule is CC.Cn1c(=O)c(NCc2ccccc2)c(Nc2cccc(C(=O)N3CCCC3)c2O)c(=O)n1C. The van der Waals surface area contributed by atoms with E-state index >= 15 is 0 Å². The van der Waals surface area contributed by atoms with Crippen molar-refractivity contribution in [2.45, 2.75) is 33.2 Å². The highest BCUT2D eigenvalue weighted by molar-refractivity contribution is 5.99. The summed E-state index contributed by atoms with van der Waals surface area (Å²) in [4.78, 5) is 40.6. The lowest BCUT2D eigenvalue weighted by atomic mass is 10.1. The maximum absolute atomic E-state index is 13.1. The number of aromatic hydroxyl groups is 1. The maximum atomic E-state index is 13.1. The van der Waals surface area contributed by atoms with E-state index in [1.54, 1.807) is 23.1 Å². The van der Waals surface area contributed by atoms with Crippen LogP contribution in [0.3, 0.4) is 0 Å². The van der Waals surface area contributed by atoms with Crippen LogP contribution in [-0.4, -0.2) is 38.4 Å². The van der Waals surface area contributed by atoms with Gasteiger partial charge in [0.2, 0.25) is 0 Å². The molecule has 1 aliphatic heterocycles. The Balaban J connectivity index is 0.00000167. The molecule has 0 aliphatic carbocycles. The fourth-order valence-corrected chi connectivity index (χ4v) is 3.92. The summed E-state index contributed by atoms with van der Waals surface area (Å²) >= 11 is 0. The van der Waals surface area contributed by atoms with E-state index in [1.165, 1.54) is 23.5 Å². The lowest BCUT2D eigenvalue weighted by Gasteiger charge is -2.19. The molecule has 4 rings (SSSR count). The molecule has 2 aromatic carbocycles. The Morgan fingerprint density at radius 2 is 1.49 bits per heavy atom. The first-order valence-corrected chi connectivity index (χ1v) is 11.8. The number of likely N-dealkylation sites (tertiary alicyclic amines) is 1. The number of carbonyl (C=O) groups excluding carboxylic acids is 1. The Hall–Kier alpha value is -4.01. The van der Waals surface area contributed by atoms with Gasteiger partial charge in [0.15, 0.2) is 5.75 Å². The van der Waals surface area contributed by atoms with E-state index in [-0.39, 0.29) is 34.3 Å². The Kier molecular flexibility index (Phi) is 8.35. The molecule has 1 aromatic heterocycles. The summed E-state index contributed by atoms with van der Waals surface area (Å²) in [6.07, 6.45) is 1.87. The zero-order valence-electron chi connectivity index (χ0n) is 20.7. The number of hydrogen-bond acceptors (Lipinski definition) is 6. The number of amides is 1. The fraction of sp³-hybridized carbons (Fsp3) is 0.346. The lowest BCUT2D eigenvalue weighted by molar-refractivity contribution is 0.0790. The monoisotopic (exact) mass is 479 g/mol. The van der Waals surface area contributed by atoms with Gasteiger partial charge in [-0.1, -0.05) is 50.2 Å². The third-order valence-corrected chi connectivity index (χ3v) is 5.95. The van der Waals surface area contributed by atoms with Gasteiger partial charge in [0.1, 0.15) is 11.4 Å². The molecule has 3 N–H and O–H groups in total. The van der Waals surface area contributed by atoms with Crippen LogP contribution in [0.5, 0.6) is 5.75 Å². The fourth-order valence-electron chi connectivity index (χ4n) is 3.92. The van der Waals surface area contributed by atoms with E-state index in [0.717, 1.165) is 18.4 Å². The van der Waals surface area contributed by atoms with Crippen LogP contribution < -0.4 is 21.8 Å². The molecule has 0 atom stereocenters. The normalized spacial score (nSPS) is 12.6. The molecule has 1 fully saturated rings. The quantitative estimate of drug-likeness (QED) is 0.468. The third-order valence-electron chi connectivity index (χ3n) is 5.95. The van der Waals surface area contributed by atoms with Crippen molar-refractivity contribution in [3.8, 4) is 5.75 Å². The standard InChI is InChI=1S/C24H27N5O4.C2H6/c1-27-23(32)19(25-15-16-9-4-3-5-10-16)20(24(33)28(27)2)26-18-12-8-11-17(21(18)30)22(31)29-13-6-7-14-29;1-2/h3-5,8-12,25-26,30H,6-7,13-15H2,1-2H3;1-2H3. The van der Waals surface area contributed by atoms with Crippen LogP contribution in [0.4, 0.5) is 17.1 Å². The predicted octanol–water partition coefficient (Wildman–Crippen LogP) is 3.41. The van der Waals surface area contributed by atoms with E-state index in [0.29, 0.717) is 19.6 Å². The maximum Gasteiger partial charge on any atom is 0.290 e. The molecule has 0 unspecified atom stereocenters. The molecule has 1 amide bonds. The van der Waals surface area contributed by atoms with Gasteiger partial charge in [0.05, 0.1) is 11.3 Å². The number of aromatic nitrogens is 2. The summed E-state index contributed by atoms with van der Waals surface area (Å²) in [7, 11) is 3.00. The van der Waals surface area contributed by atoms with Crippen LogP contribution >= 0.6 is 0 Å². The van der Waals surface area contributed by atoms with Gasteiger partial charge in [-0.3, -0.25) is 14.4 Å². The highest BCUT2D eigenvalue weighted by Crippen LogP contribution is 2.32. The van der Waals surface area contributed by atoms with Gasteiger partial charge in [-0.05, 0) is 30.5 Å². The largest absolute Gasteiger partial charge is 0.505 e. The molecule has 2 heterocycles. The minimum absolute atomic E-state index is 0.00222. The van der Waals surface area contributed by atoms with Crippen molar-refractivity contribution in [3.05, 3.63) is 80.4 Å². The van der Waals surface area contributed by atoms with E-state index in [9.17, 15) is 19.5 Å². The number of carbonyl (C=O) groups is 1. The number of benzene rings is 2. The number of rotatable bonds is 6. The number of para-hydroxylation sites is 1. The molecule has 1 saturated heterocycles. The van der Waals surface area contributed by atoms with Gasteiger partial charge in [-0.25, -0.2) is 9.36 Å². The molecular formula is C26H33N5O4. The molecule has 186 valence electrons. The highest BCUT2D eigenvalue weighted by atomic mass is 16.3. The predicted molar refractivity (Wildman–Crippen MR) is 139 cm³/mol. The average molecular weight is 480 g/mol. The van der Waals surface area contributed by atoms with Crippen molar-refractivity contribution in [2.24, 2.45) is 14.1 Å². The molecule has 0 bridgehead atoms. The first-order chi connectivity index (χ1) is 16.9. The third kappa shape index (κ3) is 5.40. The lowest BCUT2D eigenvalue weighted by Crippen LogP contribution is -2.38. The zero-order valence-corrected chi connectivity index (χ0v) is 20.7. The number of nitrogens with one attached hydrogen (secondary N) is 2. The van der Waals surface area contributed by atoms with Gasteiger partial charge in [-0.2, -0.15) is 0 Å². The molecular weight excluding hydrogens is 446 g/mol. The summed E-state index contributed by atoms with van der Waals surface area (Å²) in [6, 6.07) is 14.2. The minimum atomic E-state index is -0.455. The van der Waals surface area contributed by atoms with Crippen molar-refractivity contribution in [2.75, 3.05) is 23.7 Å². The summed E-state index contributed by atoms with van der Waals surface area (Å²) in [5.41, 5.74) is 0.488. The van der Waals surface area contributed by atoms with Crippen LogP contribution in [0.1, 0.15) is 42.6 Å². The van der Waals surface area contributed by atoms with E-state index in [4.69, 9.17) is 0 Å². The Morgan fingerprint density at radius 3 is 2.11 bits per heavy atom. The van der Waals surface area contributed by atoms with E-state index in [2.05, 4.69) is 10.6 Å². The molecule has 0 saturated carbocycles. The summed E-state index contributed by atoms with van der Waals surface area (Å²) < 4.78 is 2.41. The Labute approximate surface area is 204 Å². The minimum Gasteiger partial charge on any atom is -0.505 e. The van der Waals surface area contributed by atoms with Gasteiger partial charge in [0, 0.05) is 33.7 Å². The number of phenols is 1. The van der Waals surface area contributed by atoms with Crippen LogP contribution in [0.25, 0.3) is 0 Å².